The molecular formula is C18H22N4O3. The summed E-state index contributed by atoms with van der Waals surface area (Å²) in [5, 5.41) is 21.1. The Labute approximate surface area is 146 Å². The zero-order valence-corrected chi connectivity index (χ0v) is 14.1. The maximum absolute atomic E-state index is 11.4. The second kappa shape index (κ2) is 8.04. The van der Waals surface area contributed by atoms with Gasteiger partial charge in [0.25, 0.3) is 0 Å². The average molecular weight is 342 g/mol. The zero-order chi connectivity index (χ0) is 17.6. The average Bonchev–Trinajstić information content (AvgIpc) is 3.00. The van der Waals surface area contributed by atoms with Crippen LogP contribution in [0.2, 0.25) is 0 Å². The first-order chi connectivity index (χ1) is 12.2. The van der Waals surface area contributed by atoms with Crippen molar-refractivity contribution in [3.05, 3.63) is 53.7 Å². The molecule has 7 heteroatoms. The number of aliphatic hydroxyl groups excluding tert-OH is 1. The van der Waals surface area contributed by atoms with Crippen molar-refractivity contribution in [1.82, 2.24) is 15.1 Å². The number of nitrogens with one attached hydrogen (secondary N) is 1. The summed E-state index contributed by atoms with van der Waals surface area (Å²) in [5.74, 6) is 0.0840. The third-order valence-corrected chi connectivity index (χ3v) is 4.31. The highest BCUT2D eigenvalue weighted by Gasteiger charge is 2.30. The molecule has 0 aliphatic carbocycles. The maximum Gasteiger partial charge on any atom is 0.358 e. The van der Waals surface area contributed by atoms with Crippen LogP contribution in [0.4, 0.5) is 5.82 Å². The second-order valence-corrected chi connectivity index (χ2v) is 6.13. The van der Waals surface area contributed by atoms with E-state index in [1.807, 2.05) is 18.2 Å². The Morgan fingerprint density at radius 2 is 2.08 bits per heavy atom. The van der Waals surface area contributed by atoms with Gasteiger partial charge in [0.1, 0.15) is 5.82 Å². The highest BCUT2D eigenvalue weighted by atomic mass is 16.5. The minimum Gasteiger partial charge on any atom is -0.464 e. The Bertz CT molecular complexity index is 693. The normalized spacial score (nSPS) is 20.4. The Kier molecular flexibility index (Phi) is 5.57. The van der Waals surface area contributed by atoms with E-state index >= 15 is 0 Å². The molecule has 1 fully saturated rings. The summed E-state index contributed by atoms with van der Waals surface area (Å²) < 4.78 is 4.60. The van der Waals surface area contributed by atoms with Gasteiger partial charge in [-0.25, -0.2) is 4.79 Å². The van der Waals surface area contributed by atoms with Crippen LogP contribution < -0.4 is 5.32 Å². The van der Waals surface area contributed by atoms with Crippen LogP contribution in [0.15, 0.2) is 42.5 Å². The highest BCUT2D eigenvalue weighted by Crippen LogP contribution is 2.21. The van der Waals surface area contributed by atoms with Gasteiger partial charge in [-0.05, 0) is 24.1 Å². The number of ether oxygens (including phenoxy) is 1. The lowest BCUT2D eigenvalue weighted by atomic mass is 10.1. The summed E-state index contributed by atoms with van der Waals surface area (Å²) in [6.45, 7) is 2.11. The number of aliphatic hydroxyl groups is 1. The van der Waals surface area contributed by atoms with Crippen molar-refractivity contribution in [2.45, 2.75) is 25.1 Å². The zero-order valence-electron chi connectivity index (χ0n) is 14.1. The molecule has 3 rings (SSSR count). The monoisotopic (exact) mass is 342 g/mol. The van der Waals surface area contributed by atoms with E-state index in [-0.39, 0.29) is 17.8 Å². The Morgan fingerprint density at radius 3 is 2.76 bits per heavy atom. The summed E-state index contributed by atoms with van der Waals surface area (Å²) in [7, 11) is 1.31. The van der Waals surface area contributed by atoms with Crippen LogP contribution in [0.5, 0.6) is 0 Å². The lowest BCUT2D eigenvalue weighted by molar-refractivity contribution is 0.0592. The Hall–Kier alpha value is -2.51. The predicted octanol–water partition coefficient (Wildman–Crippen LogP) is 1.31. The molecule has 2 N–H and O–H groups in total. The molecule has 1 saturated heterocycles. The molecule has 1 aliphatic heterocycles. The molecule has 0 unspecified atom stereocenters. The van der Waals surface area contributed by atoms with Crippen LogP contribution in [-0.2, 0) is 11.3 Å². The van der Waals surface area contributed by atoms with Gasteiger partial charge in [0.05, 0.1) is 13.2 Å². The quantitative estimate of drug-likeness (QED) is 0.765. The second-order valence-electron chi connectivity index (χ2n) is 6.13. The Morgan fingerprint density at radius 1 is 1.28 bits per heavy atom. The van der Waals surface area contributed by atoms with Gasteiger partial charge in [0, 0.05) is 25.7 Å². The number of hydrogen-bond donors (Lipinski definition) is 2. The molecular weight excluding hydrogens is 320 g/mol. The van der Waals surface area contributed by atoms with Gasteiger partial charge in [0.15, 0.2) is 5.69 Å². The summed E-state index contributed by atoms with van der Waals surface area (Å²) in [4.78, 5) is 13.6. The number of likely N-dealkylation sites (tertiary alicyclic amines) is 1. The molecule has 2 aromatic rings. The highest BCUT2D eigenvalue weighted by molar-refractivity contribution is 5.86. The SMILES string of the molecule is COC(=O)c1ccc(NC[C@H]2C[C@H](O)CN2Cc2ccccc2)nn1. The van der Waals surface area contributed by atoms with Crippen LogP contribution in [-0.4, -0.2) is 58.5 Å². The van der Waals surface area contributed by atoms with Gasteiger partial charge in [0.2, 0.25) is 0 Å². The van der Waals surface area contributed by atoms with Crippen LogP contribution in [0, 0.1) is 0 Å². The number of β-amino-alcohol motifs (C(OH)–C–C–N with tert-alkyl or cyclic N) is 1. The van der Waals surface area contributed by atoms with Gasteiger partial charge in [-0.2, -0.15) is 0 Å². The van der Waals surface area contributed by atoms with Crippen molar-refractivity contribution in [2.24, 2.45) is 0 Å². The van der Waals surface area contributed by atoms with E-state index in [1.54, 1.807) is 12.1 Å². The van der Waals surface area contributed by atoms with E-state index in [0.717, 1.165) is 6.54 Å². The molecule has 0 spiro atoms. The largest absolute Gasteiger partial charge is 0.464 e. The van der Waals surface area contributed by atoms with Crippen LogP contribution in [0.3, 0.4) is 0 Å². The smallest absolute Gasteiger partial charge is 0.358 e. The summed E-state index contributed by atoms with van der Waals surface area (Å²) in [6, 6.07) is 13.7. The van der Waals surface area contributed by atoms with E-state index in [0.29, 0.717) is 25.3 Å². The van der Waals surface area contributed by atoms with Crippen molar-refractivity contribution in [1.29, 1.82) is 0 Å². The van der Waals surface area contributed by atoms with E-state index in [2.05, 4.69) is 37.3 Å². The minimum absolute atomic E-state index is 0.176. The standard InChI is InChI=1S/C18H22N4O3/c1-25-18(24)16-7-8-17(21-20-16)19-10-14-9-15(23)12-22(14)11-13-5-3-2-4-6-13/h2-8,14-15,23H,9-12H2,1H3,(H,19,21)/t14-,15+/m1/s1. The number of anilines is 1. The van der Waals surface area contributed by atoms with E-state index in [1.165, 1.54) is 12.7 Å². The number of rotatable bonds is 6. The lowest BCUT2D eigenvalue weighted by Crippen LogP contribution is -2.34. The lowest BCUT2D eigenvalue weighted by Gasteiger charge is -2.24. The molecule has 7 nitrogen and oxygen atoms in total. The van der Waals surface area contributed by atoms with Crippen molar-refractivity contribution >= 4 is 11.8 Å². The molecule has 2 heterocycles. The number of benzene rings is 1. The molecule has 2 atom stereocenters. The summed E-state index contributed by atoms with van der Waals surface area (Å²) in [5.41, 5.74) is 1.40. The first kappa shape index (κ1) is 17.3. The van der Waals surface area contributed by atoms with Crippen LogP contribution >= 0.6 is 0 Å². The molecule has 132 valence electrons. The van der Waals surface area contributed by atoms with E-state index in [4.69, 9.17) is 0 Å². The number of carbonyl (C=O) groups is 1. The van der Waals surface area contributed by atoms with Crippen LogP contribution in [0.1, 0.15) is 22.5 Å². The van der Waals surface area contributed by atoms with Gasteiger partial charge in [-0.3, -0.25) is 4.90 Å². The maximum atomic E-state index is 11.4. The van der Waals surface area contributed by atoms with Crippen molar-refractivity contribution < 1.29 is 14.6 Å². The first-order valence-corrected chi connectivity index (χ1v) is 8.27. The molecule has 0 saturated carbocycles. The molecule has 0 radical (unpaired) electrons. The number of methoxy groups -OCH3 is 1. The van der Waals surface area contributed by atoms with Crippen molar-refractivity contribution in [3.63, 3.8) is 0 Å². The first-order valence-electron chi connectivity index (χ1n) is 8.27. The number of carbonyl (C=O) groups excluding carboxylic acids is 1. The number of nitrogens with zero attached hydrogens (tertiary/aromatic N) is 3. The van der Waals surface area contributed by atoms with E-state index < -0.39 is 5.97 Å². The van der Waals surface area contributed by atoms with Gasteiger partial charge >= 0.3 is 5.97 Å². The van der Waals surface area contributed by atoms with Crippen molar-refractivity contribution in [2.75, 3.05) is 25.5 Å². The topological polar surface area (TPSA) is 87.6 Å². The number of hydrogen-bond acceptors (Lipinski definition) is 7. The predicted molar refractivity (Wildman–Crippen MR) is 93.1 cm³/mol. The molecule has 0 amide bonds. The summed E-state index contributed by atoms with van der Waals surface area (Å²) in [6.07, 6.45) is 0.399. The van der Waals surface area contributed by atoms with Crippen LogP contribution in [0.25, 0.3) is 0 Å². The van der Waals surface area contributed by atoms with Gasteiger partial charge in [-0.1, -0.05) is 30.3 Å². The molecule has 1 aromatic heterocycles. The minimum atomic E-state index is -0.507. The molecule has 0 bridgehead atoms. The fourth-order valence-electron chi connectivity index (χ4n) is 3.04. The molecule has 25 heavy (non-hydrogen) atoms. The van der Waals surface area contributed by atoms with Gasteiger partial charge < -0.3 is 15.2 Å². The third-order valence-electron chi connectivity index (χ3n) is 4.31. The van der Waals surface area contributed by atoms with E-state index in [9.17, 15) is 9.90 Å². The molecule has 1 aliphatic rings. The van der Waals surface area contributed by atoms with Gasteiger partial charge in [-0.15, -0.1) is 10.2 Å². The van der Waals surface area contributed by atoms with Crippen molar-refractivity contribution in [3.8, 4) is 0 Å². The molecule has 1 aromatic carbocycles. The third kappa shape index (κ3) is 4.52. The fraction of sp³-hybridized carbons (Fsp3) is 0.389. The Balaban J connectivity index is 1.58. The number of esters is 1. The number of aromatic nitrogens is 2. The fourth-order valence-corrected chi connectivity index (χ4v) is 3.04. The summed E-state index contributed by atoms with van der Waals surface area (Å²) >= 11 is 0.